The number of anilines is 1. The maximum absolute atomic E-state index is 12.7. The second kappa shape index (κ2) is 4.60. The van der Waals surface area contributed by atoms with Crippen LogP contribution in [0, 0.1) is 6.92 Å². The van der Waals surface area contributed by atoms with E-state index in [1.165, 1.54) is 0 Å². The van der Waals surface area contributed by atoms with Crippen molar-refractivity contribution in [3.63, 3.8) is 0 Å². The summed E-state index contributed by atoms with van der Waals surface area (Å²) in [5.41, 5.74) is 2.37. The number of carbonyl (C=O) groups excluding carboxylic acids is 1. The highest BCUT2D eigenvalue weighted by Gasteiger charge is 2.26. The van der Waals surface area contributed by atoms with E-state index < -0.39 is 0 Å². The second-order valence-corrected chi connectivity index (χ2v) is 5.77. The van der Waals surface area contributed by atoms with Crippen molar-refractivity contribution in [2.24, 2.45) is 0 Å². The van der Waals surface area contributed by atoms with E-state index in [9.17, 15) is 4.79 Å². The van der Waals surface area contributed by atoms with Gasteiger partial charge in [-0.3, -0.25) is 9.20 Å². The molecule has 0 unspecified atom stereocenters. The summed E-state index contributed by atoms with van der Waals surface area (Å²) < 4.78 is 7.53. The largest absolute Gasteiger partial charge is 0.490 e. The van der Waals surface area contributed by atoms with Gasteiger partial charge < -0.3 is 9.64 Å². The Morgan fingerprint density at radius 3 is 3.10 bits per heavy atom. The molecule has 106 valence electrons. The fourth-order valence-electron chi connectivity index (χ4n) is 2.52. The van der Waals surface area contributed by atoms with E-state index in [4.69, 9.17) is 4.74 Å². The summed E-state index contributed by atoms with van der Waals surface area (Å²) in [5, 5.41) is 2.03. The topological polar surface area (TPSA) is 46.8 Å². The van der Waals surface area contributed by atoms with Crippen LogP contribution in [0.4, 0.5) is 5.69 Å². The number of amides is 1. The maximum atomic E-state index is 12.7. The van der Waals surface area contributed by atoms with Gasteiger partial charge >= 0.3 is 0 Å². The zero-order chi connectivity index (χ0) is 14.4. The van der Waals surface area contributed by atoms with Crippen LogP contribution >= 0.6 is 11.3 Å². The molecule has 1 amide bonds. The molecule has 0 saturated heterocycles. The zero-order valence-electron chi connectivity index (χ0n) is 11.4. The van der Waals surface area contributed by atoms with Crippen LogP contribution in [-0.2, 0) is 0 Å². The Labute approximate surface area is 125 Å². The number of rotatable bonds is 1. The van der Waals surface area contributed by atoms with Crippen LogP contribution in [0.25, 0.3) is 4.96 Å². The molecule has 2 aromatic heterocycles. The van der Waals surface area contributed by atoms with Gasteiger partial charge in [-0.1, -0.05) is 12.1 Å². The van der Waals surface area contributed by atoms with Crippen LogP contribution < -0.4 is 9.64 Å². The SMILES string of the molecule is Cc1csc2nc(C(=O)N3CCOc4ccccc43)cn12. The molecule has 0 fully saturated rings. The van der Waals surface area contributed by atoms with Crippen molar-refractivity contribution in [1.29, 1.82) is 0 Å². The predicted molar refractivity (Wildman–Crippen MR) is 81.4 cm³/mol. The van der Waals surface area contributed by atoms with Crippen molar-refractivity contribution >= 4 is 27.9 Å². The summed E-state index contributed by atoms with van der Waals surface area (Å²) >= 11 is 1.54. The van der Waals surface area contributed by atoms with Crippen LogP contribution in [0.3, 0.4) is 0 Å². The Balaban J connectivity index is 1.75. The molecule has 0 spiro atoms. The average molecular weight is 299 g/mol. The predicted octanol–water partition coefficient (Wildman–Crippen LogP) is 2.74. The number of aryl methyl sites for hydroxylation is 1. The van der Waals surface area contributed by atoms with E-state index in [2.05, 4.69) is 4.98 Å². The number of carbonyl (C=O) groups is 1. The fraction of sp³-hybridized carbons (Fsp3) is 0.200. The minimum absolute atomic E-state index is 0.0824. The molecular formula is C15H13N3O2S. The van der Waals surface area contributed by atoms with Gasteiger partial charge in [-0.2, -0.15) is 0 Å². The lowest BCUT2D eigenvalue weighted by Gasteiger charge is -2.28. The van der Waals surface area contributed by atoms with Gasteiger partial charge in [-0.05, 0) is 19.1 Å². The van der Waals surface area contributed by atoms with Crippen molar-refractivity contribution in [2.45, 2.75) is 6.92 Å². The zero-order valence-corrected chi connectivity index (χ0v) is 12.3. The third kappa shape index (κ3) is 1.91. The van der Waals surface area contributed by atoms with E-state index in [1.54, 1.807) is 16.2 Å². The Hall–Kier alpha value is -2.34. The van der Waals surface area contributed by atoms with Crippen LogP contribution in [0.1, 0.15) is 16.2 Å². The first-order valence-electron chi connectivity index (χ1n) is 6.71. The number of nitrogens with zero attached hydrogens (tertiary/aromatic N) is 3. The summed E-state index contributed by atoms with van der Waals surface area (Å²) in [7, 11) is 0. The first-order valence-corrected chi connectivity index (χ1v) is 7.59. The molecule has 0 atom stereocenters. The smallest absolute Gasteiger partial charge is 0.278 e. The van der Waals surface area contributed by atoms with E-state index in [-0.39, 0.29) is 5.91 Å². The number of hydrogen-bond donors (Lipinski definition) is 0. The molecular weight excluding hydrogens is 286 g/mol. The summed E-state index contributed by atoms with van der Waals surface area (Å²) in [6.07, 6.45) is 1.81. The Bertz CT molecular complexity index is 836. The van der Waals surface area contributed by atoms with Crippen LogP contribution in [0.15, 0.2) is 35.8 Å². The molecule has 0 aliphatic carbocycles. The molecule has 3 aromatic rings. The molecule has 0 radical (unpaired) electrons. The van der Waals surface area contributed by atoms with E-state index in [1.807, 2.05) is 47.2 Å². The Morgan fingerprint density at radius 1 is 1.38 bits per heavy atom. The van der Waals surface area contributed by atoms with Crippen molar-refractivity contribution in [1.82, 2.24) is 9.38 Å². The fourth-order valence-corrected chi connectivity index (χ4v) is 3.37. The van der Waals surface area contributed by atoms with E-state index in [0.717, 1.165) is 22.1 Å². The van der Waals surface area contributed by atoms with Gasteiger partial charge in [0.05, 0.1) is 12.2 Å². The summed E-state index contributed by atoms with van der Waals surface area (Å²) in [5.74, 6) is 0.662. The third-order valence-corrected chi connectivity index (χ3v) is 4.54. The Kier molecular flexibility index (Phi) is 2.71. The van der Waals surface area contributed by atoms with Gasteiger partial charge in [0.25, 0.3) is 5.91 Å². The second-order valence-electron chi connectivity index (χ2n) is 4.93. The number of fused-ring (bicyclic) bond motifs is 2. The molecule has 0 bridgehead atoms. The molecule has 1 aromatic carbocycles. The van der Waals surface area contributed by atoms with Crippen molar-refractivity contribution < 1.29 is 9.53 Å². The molecule has 3 heterocycles. The van der Waals surface area contributed by atoms with Crippen molar-refractivity contribution in [3.8, 4) is 5.75 Å². The van der Waals surface area contributed by atoms with Gasteiger partial charge in [0.15, 0.2) is 4.96 Å². The highest BCUT2D eigenvalue weighted by Crippen LogP contribution is 2.32. The third-order valence-electron chi connectivity index (χ3n) is 3.58. The molecule has 0 N–H and O–H groups in total. The molecule has 5 nitrogen and oxygen atoms in total. The standard InChI is InChI=1S/C15H13N3O2S/c1-10-9-21-15-16-11(8-18(10)15)14(19)17-6-7-20-13-5-3-2-4-12(13)17/h2-5,8-9H,6-7H2,1H3. The monoisotopic (exact) mass is 299 g/mol. The highest BCUT2D eigenvalue weighted by atomic mass is 32.1. The van der Waals surface area contributed by atoms with Crippen molar-refractivity contribution in [2.75, 3.05) is 18.1 Å². The number of para-hydroxylation sites is 2. The number of imidazole rings is 1. The molecule has 21 heavy (non-hydrogen) atoms. The molecule has 1 aliphatic rings. The lowest BCUT2D eigenvalue weighted by molar-refractivity contribution is 0.0972. The van der Waals surface area contributed by atoms with E-state index >= 15 is 0 Å². The number of benzene rings is 1. The molecule has 4 rings (SSSR count). The Morgan fingerprint density at radius 2 is 2.24 bits per heavy atom. The van der Waals surface area contributed by atoms with Crippen LogP contribution in [-0.4, -0.2) is 28.4 Å². The first kappa shape index (κ1) is 12.4. The van der Waals surface area contributed by atoms with Crippen molar-refractivity contribution in [3.05, 3.63) is 47.2 Å². The minimum atomic E-state index is -0.0824. The number of aromatic nitrogens is 2. The maximum Gasteiger partial charge on any atom is 0.278 e. The van der Waals surface area contributed by atoms with Gasteiger partial charge in [0.1, 0.15) is 18.1 Å². The normalized spacial score (nSPS) is 14.0. The quantitative estimate of drug-likeness (QED) is 0.694. The molecule has 1 aliphatic heterocycles. The first-order chi connectivity index (χ1) is 10.2. The van der Waals surface area contributed by atoms with Gasteiger partial charge in [0, 0.05) is 17.3 Å². The minimum Gasteiger partial charge on any atom is -0.490 e. The van der Waals surface area contributed by atoms with Gasteiger partial charge in [-0.25, -0.2) is 4.98 Å². The van der Waals surface area contributed by atoms with Crippen LogP contribution in [0.5, 0.6) is 5.75 Å². The average Bonchev–Trinajstić information content (AvgIpc) is 3.08. The summed E-state index contributed by atoms with van der Waals surface area (Å²) in [6, 6.07) is 7.59. The van der Waals surface area contributed by atoms with E-state index in [0.29, 0.717) is 18.8 Å². The number of hydrogen-bond acceptors (Lipinski definition) is 4. The van der Waals surface area contributed by atoms with Gasteiger partial charge in [-0.15, -0.1) is 11.3 Å². The van der Waals surface area contributed by atoms with Gasteiger partial charge in [0.2, 0.25) is 0 Å². The molecule has 6 heteroatoms. The lowest BCUT2D eigenvalue weighted by atomic mass is 10.2. The lowest BCUT2D eigenvalue weighted by Crippen LogP contribution is -2.38. The highest BCUT2D eigenvalue weighted by molar-refractivity contribution is 7.15. The summed E-state index contributed by atoms with van der Waals surface area (Å²) in [4.78, 5) is 19.8. The van der Waals surface area contributed by atoms with Crippen LogP contribution in [0.2, 0.25) is 0 Å². The summed E-state index contributed by atoms with van der Waals surface area (Å²) in [6.45, 7) is 3.05. The number of ether oxygens (including phenoxy) is 1. The molecule has 0 saturated carbocycles. The number of thiazole rings is 1.